The fourth-order valence-electron chi connectivity index (χ4n) is 1.02. The van der Waals surface area contributed by atoms with Crippen LogP contribution >= 0.6 is 11.6 Å². The number of nitrogens with zero attached hydrogens (tertiary/aromatic N) is 3. The molecular weight excluding hydrogens is 186 g/mol. The molecule has 0 unspecified atom stereocenters. The van der Waals surface area contributed by atoms with Gasteiger partial charge in [0.15, 0.2) is 0 Å². The lowest BCUT2D eigenvalue weighted by Gasteiger charge is -2.23. The molecule has 0 atom stereocenters. The van der Waals surface area contributed by atoms with E-state index in [1.807, 2.05) is 14.0 Å². The normalized spacial score (nSPS) is 10.6. The molecule has 0 saturated carbocycles. The highest BCUT2D eigenvalue weighted by Crippen LogP contribution is 2.21. The van der Waals surface area contributed by atoms with Gasteiger partial charge < -0.3 is 4.90 Å². The molecule has 4 heteroatoms. The Morgan fingerprint density at radius 3 is 2.54 bits per heavy atom. The first-order chi connectivity index (χ1) is 6.04. The predicted octanol–water partition coefficient (Wildman–Crippen LogP) is 2.28. The zero-order valence-corrected chi connectivity index (χ0v) is 9.13. The number of hydrogen-bond acceptors (Lipinski definition) is 3. The summed E-state index contributed by atoms with van der Waals surface area (Å²) < 4.78 is 0. The first-order valence-corrected chi connectivity index (χ1v) is 4.61. The molecule has 13 heavy (non-hydrogen) atoms. The topological polar surface area (TPSA) is 29.0 Å². The lowest BCUT2D eigenvalue weighted by molar-refractivity contribution is 0.738. The third-order valence-corrected chi connectivity index (χ3v) is 2.49. The van der Waals surface area contributed by atoms with Crippen molar-refractivity contribution in [2.45, 2.75) is 26.8 Å². The summed E-state index contributed by atoms with van der Waals surface area (Å²) in [6.07, 6.45) is 1.49. The Balaban J connectivity index is 3.07. The summed E-state index contributed by atoms with van der Waals surface area (Å²) in [5, 5.41) is 0.525. The molecule has 3 nitrogen and oxygen atoms in total. The van der Waals surface area contributed by atoms with Crippen LogP contribution in [-0.4, -0.2) is 23.1 Å². The molecule has 0 fully saturated rings. The van der Waals surface area contributed by atoms with Crippen LogP contribution in [0.5, 0.6) is 0 Å². The molecular formula is C9H14ClN3. The van der Waals surface area contributed by atoms with Crippen molar-refractivity contribution in [3.05, 3.63) is 17.0 Å². The second-order valence-corrected chi connectivity index (χ2v) is 3.68. The average Bonchev–Trinajstić information content (AvgIpc) is 2.08. The van der Waals surface area contributed by atoms with Crippen LogP contribution in [0.15, 0.2) is 6.33 Å². The Hall–Kier alpha value is -0.830. The fourth-order valence-corrected chi connectivity index (χ4v) is 1.15. The van der Waals surface area contributed by atoms with Gasteiger partial charge in [0, 0.05) is 18.7 Å². The van der Waals surface area contributed by atoms with Crippen LogP contribution < -0.4 is 4.90 Å². The van der Waals surface area contributed by atoms with Crippen LogP contribution in [0.4, 0.5) is 5.82 Å². The van der Waals surface area contributed by atoms with E-state index in [9.17, 15) is 0 Å². The molecule has 0 amide bonds. The van der Waals surface area contributed by atoms with E-state index in [2.05, 4.69) is 28.7 Å². The van der Waals surface area contributed by atoms with Crippen molar-refractivity contribution in [2.24, 2.45) is 0 Å². The van der Waals surface area contributed by atoms with E-state index in [1.54, 1.807) is 0 Å². The van der Waals surface area contributed by atoms with E-state index in [-0.39, 0.29) is 0 Å². The van der Waals surface area contributed by atoms with E-state index < -0.39 is 0 Å². The molecule has 0 bridgehead atoms. The van der Waals surface area contributed by atoms with Gasteiger partial charge in [-0.15, -0.1) is 0 Å². The van der Waals surface area contributed by atoms with E-state index in [4.69, 9.17) is 11.6 Å². The van der Waals surface area contributed by atoms with E-state index in [1.165, 1.54) is 6.33 Å². The summed E-state index contributed by atoms with van der Waals surface area (Å²) in [5.41, 5.74) is 0.931. The van der Waals surface area contributed by atoms with E-state index >= 15 is 0 Å². The second kappa shape index (κ2) is 3.92. The lowest BCUT2D eigenvalue weighted by atomic mass is 10.3. The molecule has 1 aromatic heterocycles. The zero-order chi connectivity index (χ0) is 10.0. The quantitative estimate of drug-likeness (QED) is 0.685. The van der Waals surface area contributed by atoms with E-state index in [0.29, 0.717) is 11.2 Å². The third kappa shape index (κ3) is 2.10. The molecule has 0 aliphatic rings. The van der Waals surface area contributed by atoms with Crippen molar-refractivity contribution in [1.29, 1.82) is 0 Å². The van der Waals surface area contributed by atoms with Crippen molar-refractivity contribution < 1.29 is 0 Å². The summed E-state index contributed by atoms with van der Waals surface area (Å²) in [5.74, 6) is 0.898. The number of halogens is 1. The summed E-state index contributed by atoms with van der Waals surface area (Å²) in [6.45, 7) is 6.14. The number of rotatable bonds is 2. The Bertz CT molecular complexity index is 299. The van der Waals surface area contributed by atoms with Crippen LogP contribution in [0, 0.1) is 6.92 Å². The first kappa shape index (κ1) is 10.3. The van der Waals surface area contributed by atoms with Crippen molar-refractivity contribution in [3.63, 3.8) is 0 Å². The van der Waals surface area contributed by atoms with Crippen LogP contribution in [0.2, 0.25) is 5.15 Å². The average molecular weight is 200 g/mol. The number of aromatic nitrogens is 2. The molecule has 0 N–H and O–H groups in total. The first-order valence-electron chi connectivity index (χ1n) is 4.24. The summed E-state index contributed by atoms with van der Waals surface area (Å²) in [6, 6.07) is 0.407. The molecule has 0 aromatic carbocycles. The molecule has 0 radical (unpaired) electrons. The Kier molecular flexibility index (Phi) is 3.09. The summed E-state index contributed by atoms with van der Waals surface area (Å²) in [7, 11) is 2.00. The van der Waals surface area contributed by atoms with Gasteiger partial charge in [-0.1, -0.05) is 11.6 Å². The summed E-state index contributed by atoms with van der Waals surface area (Å²) in [4.78, 5) is 10.2. The smallest absolute Gasteiger partial charge is 0.137 e. The molecule has 72 valence electrons. The minimum absolute atomic E-state index is 0.407. The summed E-state index contributed by atoms with van der Waals surface area (Å²) >= 11 is 5.88. The van der Waals surface area contributed by atoms with E-state index in [0.717, 1.165) is 11.4 Å². The number of anilines is 1. The minimum atomic E-state index is 0.407. The van der Waals surface area contributed by atoms with Crippen molar-refractivity contribution in [2.75, 3.05) is 11.9 Å². The highest BCUT2D eigenvalue weighted by Gasteiger charge is 2.11. The Morgan fingerprint density at radius 1 is 1.38 bits per heavy atom. The Morgan fingerprint density at radius 2 is 2.00 bits per heavy atom. The molecule has 0 spiro atoms. The van der Waals surface area contributed by atoms with Gasteiger partial charge >= 0.3 is 0 Å². The highest BCUT2D eigenvalue weighted by atomic mass is 35.5. The monoisotopic (exact) mass is 199 g/mol. The predicted molar refractivity (Wildman–Crippen MR) is 55.3 cm³/mol. The largest absolute Gasteiger partial charge is 0.357 e. The SMILES string of the molecule is Cc1c(Cl)ncnc1N(C)C(C)C. The molecule has 1 heterocycles. The Labute approximate surface area is 83.8 Å². The van der Waals surface area contributed by atoms with Crippen molar-refractivity contribution in [1.82, 2.24) is 9.97 Å². The maximum Gasteiger partial charge on any atom is 0.137 e. The van der Waals surface area contributed by atoms with Gasteiger partial charge in [-0.3, -0.25) is 0 Å². The maximum atomic E-state index is 5.88. The minimum Gasteiger partial charge on any atom is -0.357 e. The third-order valence-electron chi connectivity index (χ3n) is 2.10. The molecule has 0 saturated heterocycles. The maximum absolute atomic E-state index is 5.88. The van der Waals surface area contributed by atoms with Gasteiger partial charge in [-0.05, 0) is 20.8 Å². The van der Waals surface area contributed by atoms with Crippen LogP contribution in [0.3, 0.4) is 0 Å². The highest BCUT2D eigenvalue weighted by molar-refractivity contribution is 6.30. The van der Waals surface area contributed by atoms with Gasteiger partial charge in [0.2, 0.25) is 0 Å². The zero-order valence-electron chi connectivity index (χ0n) is 8.37. The van der Waals surface area contributed by atoms with Gasteiger partial charge in [-0.2, -0.15) is 0 Å². The van der Waals surface area contributed by atoms with Gasteiger partial charge in [-0.25, -0.2) is 9.97 Å². The van der Waals surface area contributed by atoms with Gasteiger partial charge in [0.25, 0.3) is 0 Å². The molecule has 0 aliphatic carbocycles. The molecule has 0 aliphatic heterocycles. The van der Waals surface area contributed by atoms with Crippen LogP contribution in [-0.2, 0) is 0 Å². The fraction of sp³-hybridized carbons (Fsp3) is 0.556. The second-order valence-electron chi connectivity index (χ2n) is 3.32. The van der Waals surface area contributed by atoms with Crippen molar-refractivity contribution in [3.8, 4) is 0 Å². The molecule has 1 rings (SSSR count). The number of hydrogen-bond donors (Lipinski definition) is 0. The van der Waals surface area contributed by atoms with Crippen molar-refractivity contribution >= 4 is 17.4 Å². The lowest BCUT2D eigenvalue weighted by Crippen LogP contribution is -2.27. The van der Waals surface area contributed by atoms with Gasteiger partial charge in [0.05, 0.1) is 0 Å². The van der Waals surface area contributed by atoms with Crippen LogP contribution in [0.25, 0.3) is 0 Å². The van der Waals surface area contributed by atoms with Gasteiger partial charge in [0.1, 0.15) is 17.3 Å². The van der Waals surface area contributed by atoms with Crippen LogP contribution in [0.1, 0.15) is 19.4 Å². The standard InChI is InChI=1S/C9H14ClN3/c1-6(2)13(4)9-7(3)8(10)11-5-12-9/h5-6H,1-4H3. The molecule has 1 aromatic rings.